The number of amides is 2. The van der Waals surface area contributed by atoms with Gasteiger partial charge in [-0.2, -0.15) is 5.26 Å². The molecule has 1 aliphatic rings. The normalized spacial score (nSPS) is 16.0. The van der Waals surface area contributed by atoms with Crippen molar-refractivity contribution in [3.63, 3.8) is 0 Å². The minimum Gasteiger partial charge on any atom is -0.543 e. The van der Waals surface area contributed by atoms with E-state index in [1.165, 1.54) is 28.8 Å². The summed E-state index contributed by atoms with van der Waals surface area (Å²) in [6.45, 7) is 18.8. The van der Waals surface area contributed by atoms with Gasteiger partial charge < -0.3 is 19.4 Å². The summed E-state index contributed by atoms with van der Waals surface area (Å²) in [5, 5.41) is 12.1. The molecule has 1 atom stereocenters. The van der Waals surface area contributed by atoms with Crippen LogP contribution in [0.1, 0.15) is 73.4 Å². The highest BCUT2D eigenvalue weighted by molar-refractivity contribution is 7.99. The average molecular weight is 600 g/mol. The lowest BCUT2D eigenvalue weighted by Crippen LogP contribution is -2.50. The molecule has 0 fully saturated rings. The molecule has 10 heteroatoms. The number of carbonyl (C=O) groups is 2. The molecule has 7 nitrogen and oxygen atoms in total. The Morgan fingerprint density at radius 3 is 2.22 bits per heavy atom. The SMILES string of the molecule is CC(C)[Si](Oc1ccc(CN2C(=O)[C@@H](NC(=O)OC(C)(C)C)CSc3cc(F)c(C#N)cc32)cc1)(C(C)C)C(C)C. The topological polar surface area (TPSA) is 91.7 Å². The Balaban J connectivity index is 1.95. The number of nitrogens with zero attached hydrogens (tertiary/aromatic N) is 2. The quantitative estimate of drug-likeness (QED) is 0.312. The van der Waals surface area contributed by atoms with Crippen molar-refractivity contribution in [1.29, 1.82) is 5.26 Å². The lowest BCUT2D eigenvalue weighted by molar-refractivity contribution is -0.120. The molecule has 1 aliphatic heterocycles. The van der Waals surface area contributed by atoms with Gasteiger partial charge in [0.15, 0.2) is 0 Å². The number of ether oxygens (including phenoxy) is 1. The maximum absolute atomic E-state index is 14.6. The van der Waals surface area contributed by atoms with E-state index in [9.17, 15) is 19.2 Å². The largest absolute Gasteiger partial charge is 0.543 e. The summed E-state index contributed by atoms with van der Waals surface area (Å²) in [4.78, 5) is 28.4. The second-order valence-electron chi connectivity index (χ2n) is 12.4. The van der Waals surface area contributed by atoms with Gasteiger partial charge in [-0.05, 0) is 67.2 Å². The van der Waals surface area contributed by atoms with Gasteiger partial charge in [-0.3, -0.25) is 4.79 Å². The number of anilines is 1. The van der Waals surface area contributed by atoms with E-state index < -0.39 is 31.9 Å². The Bertz CT molecular complexity index is 1280. The van der Waals surface area contributed by atoms with E-state index in [-0.39, 0.29) is 23.8 Å². The van der Waals surface area contributed by atoms with Crippen LogP contribution in [-0.2, 0) is 16.1 Å². The van der Waals surface area contributed by atoms with Crippen molar-refractivity contribution in [1.82, 2.24) is 5.32 Å². The maximum Gasteiger partial charge on any atom is 0.408 e. The molecule has 1 N–H and O–H groups in total. The second-order valence-corrected chi connectivity index (χ2v) is 18.8. The van der Waals surface area contributed by atoms with Crippen molar-refractivity contribution in [2.45, 2.75) is 102 Å². The van der Waals surface area contributed by atoms with Gasteiger partial charge in [0.25, 0.3) is 14.2 Å². The van der Waals surface area contributed by atoms with E-state index in [1.54, 1.807) is 20.8 Å². The fraction of sp³-hybridized carbons (Fsp3) is 0.516. The van der Waals surface area contributed by atoms with Gasteiger partial charge in [0.05, 0.1) is 17.8 Å². The number of thioether (sulfide) groups is 1. The summed E-state index contributed by atoms with van der Waals surface area (Å²) in [5.74, 6) is -0.0393. The Morgan fingerprint density at radius 2 is 1.71 bits per heavy atom. The lowest BCUT2D eigenvalue weighted by Gasteiger charge is -2.42. The molecule has 0 aliphatic carbocycles. The molecule has 0 aromatic heterocycles. The van der Waals surface area contributed by atoms with Gasteiger partial charge in [-0.1, -0.05) is 53.7 Å². The van der Waals surface area contributed by atoms with Crippen molar-refractivity contribution >= 4 is 37.8 Å². The van der Waals surface area contributed by atoms with Crippen molar-refractivity contribution in [2.75, 3.05) is 10.7 Å². The van der Waals surface area contributed by atoms with Crippen LogP contribution in [0.25, 0.3) is 0 Å². The van der Waals surface area contributed by atoms with Crippen LogP contribution in [-0.4, -0.2) is 37.7 Å². The van der Waals surface area contributed by atoms with Gasteiger partial charge in [-0.15, -0.1) is 11.8 Å². The molecule has 2 aromatic carbocycles. The van der Waals surface area contributed by atoms with E-state index >= 15 is 0 Å². The maximum atomic E-state index is 14.6. The average Bonchev–Trinajstić information content (AvgIpc) is 2.98. The Morgan fingerprint density at radius 1 is 1.12 bits per heavy atom. The number of alkyl carbamates (subject to hydrolysis) is 1. The molecule has 0 saturated carbocycles. The third-order valence-electron chi connectivity index (χ3n) is 7.39. The lowest BCUT2D eigenvalue weighted by atomic mass is 10.1. The Hall–Kier alpha value is -3.03. The first-order valence-electron chi connectivity index (χ1n) is 14.0. The van der Waals surface area contributed by atoms with Crippen LogP contribution >= 0.6 is 11.8 Å². The monoisotopic (exact) mass is 599 g/mol. The van der Waals surface area contributed by atoms with Crippen LogP contribution < -0.4 is 14.6 Å². The third-order valence-corrected chi connectivity index (χ3v) is 14.5. The van der Waals surface area contributed by atoms with Crippen LogP contribution in [0.3, 0.4) is 0 Å². The van der Waals surface area contributed by atoms with Crippen molar-refractivity contribution in [3.05, 3.63) is 53.3 Å². The molecule has 0 bridgehead atoms. The zero-order chi connectivity index (χ0) is 30.7. The molecule has 2 amide bonds. The Labute approximate surface area is 248 Å². The molecular formula is C31H42FN3O4SSi. The van der Waals surface area contributed by atoms with Crippen molar-refractivity contribution < 1.29 is 23.1 Å². The van der Waals surface area contributed by atoms with Crippen molar-refractivity contribution in [3.8, 4) is 11.8 Å². The van der Waals surface area contributed by atoms with Gasteiger partial charge >= 0.3 is 6.09 Å². The second kappa shape index (κ2) is 12.9. The van der Waals surface area contributed by atoms with Crippen molar-refractivity contribution in [2.24, 2.45) is 0 Å². The molecule has 222 valence electrons. The minimum absolute atomic E-state index is 0.151. The summed E-state index contributed by atoms with van der Waals surface area (Å²) < 4.78 is 26.7. The predicted octanol–water partition coefficient (Wildman–Crippen LogP) is 7.78. The van der Waals surface area contributed by atoms with Gasteiger partial charge in [0.1, 0.15) is 29.3 Å². The van der Waals surface area contributed by atoms with Crippen LogP contribution in [0.2, 0.25) is 16.6 Å². The number of hydrogen-bond donors (Lipinski definition) is 1. The highest BCUT2D eigenvalue weighted by atomic mass is 32.2. The number of nitriles is 1. The first-order chi connectivity index (χ1) is 19.1. The number of fused-ring (bicyclic) bond motifs is 1. The number of halogens is 1. The smallest absolute Gasteiger partial charge is 0.408 e. The predicted molar refractivity (Wildman–Crippen MR) is 164 cm³/mol. The summed E-state index contributed by atoms with van der Waals surface area (Å²) in [6.07, 6.45) is -0.708. The molecule has 1 heterocycles. The number of hydrogen-bond acceptors (Lipinski definition) is 6. The fourth-order valence-corrected chi connectivity index (χ4v) is 12.0. The minimum atomic E-state index is -2.14. The Kier molecular flexibility index (Phi) is 10.2. The molecule has 0 spiro atoms. The van der Waals surface area contributed by atoms with Crippen LogP contribution in [0.4, 0.5) is 14.9 Å². The van der Waals surface area contributed by atoms with Crippen LogP contribution in [0, 0.1) is 17.1 Å². The molecule has 0 radical (unpaired) electrons. The summed E-state index contributed by atoms with van der Waals surface area (Å²) >= 11 is 1.25. The standard InChI is InChI=1S/C31H42FN3O4SSi/c1-19(2)41(20(3)4,21(5)6)39-24-12-10-22(11-13-24)17-35-27-14-23(16-33)25(32)15-28(27)40-18-26(29(35)36)34-30(37)38-31(7,8)9/h10-15,19-21,26H,17-18H2,1-9H3,(H,34,37)/t26-/m0/s1. The van der Waals surface area contributed by atoms with Gasteiger partial charge in [0.2, 0.25) is 0 Å². The summed E-state index contributed by atoms with van der Waals surface area (Å²) in [7, 11) is -2.14. The summed E-state index contributed by atoms with van der Waals surface area (Å²) in [6, 6.07) is 11.3. The van der Waals surface area contributed by atoms with E-state index in [0.717, 1.165) is 11.3 Å². The number of carbonyl (C=O) groups excluding carboxylic acids is 2. The molecular weight excluding hydrogens is 558 g/mol. The number of benzene rings is 2. The van der Waals surface area contributed by atoms with E-state index in [2.05, 4.69) is 46.9 Å². The molecule has 3 rings (SSSR count). The van der Waals surface area contributed by atoms with E-state index in [4.69, 9.17) is 9.16 Å². The summed E-state index contributed by atoms with van der Waals surface area (Å²) in [5.41, 5.74) is 1.65. The number of rotatable bonds is 8. The number of nitrogens with one attached hydrogen (secondary N) is 1. The van der Waals surface area contributed by atoms with E-state index in [0.29, 0.717) is 27.2 Å². The molecule has 2 aromatic rings. The van der Waals surface area contributed by atoms with E-state index in [1.807, 2.05) is 30.3 Å². The first kappa shape index (κ1) is 32.5. The van der Waals surface area contributed by atoms with Crippen LogP contribution in [0.15, 0.2) is 41.3 Å². The zero-order valence-corrected chi connectivity index (χ0v) is 27.3. The first-order valence-corrected chi connectivity index (χ1v) is 17.2. The highest BCUT2D eigenvalue weighted by Gasteiger charge is 2.47. The zero-order valence-electron chi connectivity index (χ0n) is 25.5. The van der Waals surface area contributed by atoms with Gasteiger partial charge in [-0.25, -0.2) is 9.18 Å². The molecule has 0 saturated heterocycles. The van der Waals surface area contributed by atoms with Gasteiger partial charge in [0, 0.05) is 10.6 Å². The molecule has 0 unspecified atom stereocenters. The third kappa shape index (κ3) is 7.44. The highest BCUT2D eigenvalue weighted by Crippen LogP contribution is 2.43. The fourth-order valence-electron chi connectivity index (χ4n) is 5.63. The van der Waals surface area contributed by atoms with Crippen LogP contribution in [0.5, 0.6) is 5.75 Å². The molecule has 41 heavy (non-hydrogen) atoms.